The number of benzene rings is 1. The number of imidazole rings is 1. The fraction of sp³-hybridized carbons (Fsp3) is 0.308. The van der Waals surface area contributed by atoms with Crippen molar-refractivity contribution in [1.82, 2.24) is 9.97 Å². The van der Waals surface area contributed by atoms with Crippen LogP contribution in [0.1, 0.15) is 25.7 Å². The lowest BCUT2D eigenvalue weighted by molar-refractivity contribution is 0.494. The monoisotopic (exact) mass is 311 g/mol. The minimum absolute atomic E-state index is 0.123. The van der Waals surface area contributed by atoms with Crippen LogP contribution in [0.5, 0.6) is 0 Å². The van der Waals surface area contributed by atoms with Crippen molar-refractivity contribution >= 4 is 15.9 Å². The predicted molar refractivity (Wildman–Crippen MR) is 73.4 cm³/mol. The van der Waals surface area contributed by atoms with Crippen LogP contribution < -0.4 is 5.73 Å². The zero-order valence-corrected chi connectivity index (χ0v) is 11.8. The molecule has 0 amide bonds. The van der Waals surface area contributed by atoms with E-state index < -0.39 is 0 Å². The number of nitrogens with zero attached hydrogens (tertiary/aromatic N) is 1. The SMILES string of the molecule is CC(C)C(N)c1ncc(-c2ccc(F)c(Br)c2)[nH]1. The standard InChI is InChI=1S/C13H15BrFN3/c1-7(2)12(16)13-17-6-11(18-13)8-3-4-10(15)9(14)5-8/h3-7,12H,16H2,1-2H3,(H,17,18). The van der Waals surface area contributed by atoms with Crippen molar-refractivity contribution in [2.24, 2.45) is 11.7 Å². The van der Waals surface area contributed by atoms with Gasteiger partial charge in [-0.2, -0.15) is 0 Å². The number of H-pyrrole nitrogens is 1. The molecule has 5 heteroatoms. The van der Waals surface area contributed by atoms with Crippen LogP contribution in [0.15, 0.2) is 28.9 Å². The molecule has 0 saturated heterocycles. The van der Waals surface area contributed by atoms with E-state index in [1.807, 2.05) is 13.8 Å². The van der Waals surface area contributed by atoms with E-state index in [-0.39, 0.29) is 11.9 Å². The zero-order chi connectivity index (χ0) is 13.3. The lowest BCUT2D eigenvalue weighted by Crippen LogP contribution is -2.18. The first-order chi connectivity index (χ1) is 8.49. The second-order valence-corrected chi connectivity index (χ2v) is 5.44. The molecule has 1 aromatic heterocycles. The van der Waals surface area contributed by atoms with Crippen LogP contribution in [0.4, 0.5) is 4.39 Å². The van der Waals surface area contributed by atoms with Gasteiger partial charge in [0.1, 0.15) is 11.6 Å². The summed E-state index contributed by atoms with van der Waals surface area (Å²) < 4.78 is 13.6. The third-order valence-corrected chi connectivity index (χ3v) is 3.47. The Morgan fingerprint density at radius 1 is 1.39 bits per heavy atom. The summed E-state index contributed by atoms with van der Waals surface area (Å²) in [5.74, 6) is 0.779. The highest BCUT2D eigenvalue weighted by Crippen LogP contribution is 2.25. The Morgan fingerprint density at radius 2 is 2.11 bits per heavy atom. The third kappa shape index (κ3) is 2.62. The average Bonchev–Trinajstić information content (AvgIpc) is 2.81. The molecular weight excluding hydrogens is 297 g/mol. The summed E-state index contributed by atoms with van der Waals surface area (Å²) in [7, 11) is 0. The van der Waals surface area contributed by atoms with Crippen LogP contribution in [-0.2, 0) is 0 Å². The normalized spacial score (nSPS) is 13.0. The van der Waals surface area contributed by atoms with Crippen LogP contribution in [0.2, 0.25) is 0 Å². The van der Waals surface area contributed by atoms with Gasteiger partial charge in [-0.25, -0.2) is 9.37 Å². The summed E-state index contributed by atoms with van der Waals surface area (Å²) in [5, 5.41) is 0. The van der Waals surface area contributed by atoms with Gasteiger partial charge in [0.25, 0.3) is 0 Å². The van der Waals surface area contributed by atoms with Crippen LogP contribution in [0.25, 0.3) is 11.3 Å². The van der Waals surface area contributed by atoms with Gasteiger partial charge in [0.15, 0.2) is 0 Å². The van der Waals surface area contributed by atoms with E-state index in [9.17, 15) is 4.39 Å². The number of hydrogen-bond acceptors (Lipinski definition) is 2. The number of aromatic amines is 1. The van der Waals surface area contributed by atoms with Gasteiger partial charge in [0.05, 0.1) is 22.4 Å². The molecule has 1 unspecified atom stereocenters. The van der Waals surface area contributed by atoms with E-state index >= 15 is 0 Å². The quantitative estimate of drug-likeness (QED) is 0.909. The zero-order valence-electron chi connectivity index (χ0n) is 10.2. The van der Waals surface area contributed by atoms with Crippen molar-refractivity contribution in [1.29, 1.82) is 0 Å². The van der Waals surface area contributed by atoms with Crippen LogP contribution in [-0.4, -0.2) is 9.97 Å². The second kappa shape index (κ2) is 5.20. The van der Waals surface area contributed by atoms with Crippen LogP contribution in [0.3, 0.4) is 0 Å². The first kappa shape index (κ1) is 13.2. The van der Waals surface area contributed by atoms with E-state index in [0.717, 1.165) is 17.1 Å². The summed E-state index contributed by atoms with van der Waals surface area (Å²) >= 11 is 3.17. The number of rotatable bonds is 3. The molecule has 96 valence electrons. The Labute approximate surface area is 114 Å². The minimum Gasteiger partial charge on any atom is -0.341 e. The molecule has 0 radical (unpaired) electrons. The molecule has 1 heterocycles. The molecule has 0 aliphatic rings. The van der Waals surface area contributed by atoms with Gasteiger partial charge in [0.2, 0.25) is 0 Å². The van der Waals surface area contributed by atoms with Gasteiger partial charge in [-0.1, -0.05) is 13.8 Å². The Balaban J connectivity index is 2.32. The van der Waals surface area contributed by atoms with Crippen molar-refractivity contribution < 1.29 is 4.39 Å². The molecule has 0 spiro atoms. The first-order valence-electron chi connectivity index (χ1n) is 5.75. The van der Waals surface area contributed by atoms with Crippen molar-refractivity contribution in [2.45, 2.75) is 19.9 Å². The van der Waals surface area contributed by atoms with Crippen molar-refractivity contribution in [3.05, 3.63) is 40.5 Å². The lowest BCUT2D eigenvalue weighted by atomic mass is 10.1. The largest absolute Gasteiger partial charge is 0.341 e. The molecule has 0 saturated carbocycles. The van der Waals surface area contributed by atoms with E-state index in [0.29, 0.717) is 10.4 Å². The number of halogens is 2. The van der Waals surface area contributed by atoms with E-state index in [1.54, 1.807) is 18.3 Å². The summed E-state index contributed by atoms with van der Waals surface area (Å²) in [5.41, 5.74) is 7.73. The van der Waals surface area contributed by atoms with Crippen molar-refractivity contribution in [2.75, 3.05) is 0 Å². The molecule has 0 aliphatic carbocycles. The molecule has 18 heavy (non-hydrogen) atoms. The van der Waals surface area contributed by atoms with Crippen LogP contribution in [0, 0.1) is 11.7 Å². The Kier molecular flexibility index (Phi) is 3.82. The molecule has 0 aliphatic heterocycles. The highest BCUT2D eigenvalue weighted by Gasteiger charge is 2.14. The van der Waals surface area contributed by atoms with Gasteiger partial charge >= 0.3 is 0 Å². The Bertz CT molecular complexity index is 551. The van der Waals surface area contributed by atoms with Gasteiger partial charge in [-0.05, 0) is 40.0 Å². The molecule has 0 bridgehead atoms. The van der Waals surface area contributed by atoms with Gasteiger partial charge < -0.3 is 10.7 Å². The highest BCUT2D eigenvalue weighted by molar-refractivity contribution is 9.10. The van der Waals surface area contributed by atoms with Crippen LogP contribution >= 0.6 is 15.9 Å². The average molecular weight is 312 g/mol. The lowest BCUT2D eigenvalue weighted by Gasteiger charge is -2.12. The molecule has 2 aromatic rings. The molecule has 1 atom stereocenters. The van der Waals surface area contributed by atoms with Gasteiger partial charge in [0, 0.05) is 5.56 Å². The molecule has 2 rings (SSSR count). The van der Waals surface area contributed by atoms with Crippen molar-refractivity contribution in [3.8, 4) is 11.3 Å². The van der Waals surface area contributed by atoms with Gasteiger partial charge in [-0.3, -0.25) is 0 Å². The van der Waals surface area contributed by atoms with Gasteiger partial charge in [-0.15, -0.1) is 0 Å². The fourth-order valence-electron chi connectivity index (χ4n) is 1.63. The number of hydrogen-bond donors (Lipinski definition) is 2. The first-order valence-corrected chi connectivity index (χ1v) is 6.54. The topological polar surface area (TPSA) is 54.7 Å². The molecule has 0 fully saturated rings. The predicted octanol–water partition coefficient (Wildman–Crippen LogP) is 3.63. The molecule has 1 aromatic carbocycles. The maximum absolute atomic E-state index is 13.2. The maximum atomic E-state index is 13.2. The third-order valence-electron chi connectivity index (χ3n) is 2.86. The summed E-state index contributed by atoms with van der Waals surface area (Å²) in [6.45, 7) is 4.09. The second-order valence-electron chi connectivity index (χ2n) is 4.58. The summed E-state index contributed by atoms with van der Waals surface area (Å²) in [6, 6.07) is 4.72. The molecule has 3 N–H and O–H groups in total. The molecular formula is C13H15BrFN3. The minimum atomic E-state index is -0.280. The maximum Gasteiger partial charge on any atom is 0.137 e. The Hall–Kier alpha value is -1.20. The molecule has 3 nitrogen and oxygen atoms in total. The number of nitrogens with one attached hydrogen (secondary N) is 1. The smallest absolute Gasteiger partial charge is 0.137 e. The highest BCUT2D eigenvalue weighted by atomic mass is 79.9. The fourth-order valence-corrected chi connectivity index (χ4v) is 2.01. The van der Waals surface area contributed by atoms with E-state index in [4.69, 9.17) is 5.73 Å². The summed E-state index contributed by atoms with van der Waals surface area (Å²) in [4.78, 5) is 7.45. The van der Waals surface area contributed by atoms with Crippen molar-refractivity contribution in [3.63, 3.8) is 0 Å². The summed E-state index contributed by atoms with van der Waals surface area (Å²) in [6.07, 6.45) is 1.72. The number of nitrogens with two attached hydrogens (primary N) is 1. The number of aromatic nitrogens is 2. The van der Waals surface area contributed by atoms with E-state index in [2.05, 4.69) is 25.9 Å². The van der Waals surface area contributed by atoms with E-state index in [1.165, 1.54) is 6.07 Å². The Morgan fingerprint density at radius 3 is 2.72 bits per heavy atom.